The number of benzene rings is 1. The van der Waals surface area contributed by atoms with E-state index in [0.29, 0.717) is 12.2 Å². The summed E-state index contributed by atoms with van der Waals surface area (Å²) in [5.74, 6) is 0.389. The second-order valence-electron chi connectivity index (χ2n) is 12.3. The van der Waals surface area contributed by atoms with Crippen LogP contribution in [0.1, 0.15) is 102 Å². The lowest BCUT2D eigenvalue weighted by atomic mass is 9.99. The van der Waals surface area contributed by atoms with Crippen molar-refractivity contribution in [2.24, 2.45) is 0 Å². The van der Waals surface area contributed by atoms with Crippen LogP contribution in [0.25, 0.3) is 0 Å². The van der Waals surface area contributed by atoms with Crippen molar-refractivity contribution in [3.05, 3.63) is 29.8 Å². The second kappa shape index (κ2) is 22.6. The summed E-state index contributed by atoms with van der Waals surface area (Å²) in [4.78, 5) is 13.3. The van der Waals surface area contributed by atoms with Gasteiger partial charge in [0.05, 0.1) is 20.1 Å². The molecule has 0 aliphatic carbocycles. The summed E-state index contributed by atoms with van der Waals surface area (Å²) in [6.45, 7) is 5.55. The Morgan fingerprint density at radius 2 is 1.47 bits per heavy atom. The molecular weight excluding hydrogens is 578 g/mol. The van der Waals surface area contributed by atoms with Gasteiger partial charge in [0.1, 0.15) is 49.6 Å². The molecule has 1 heterocycles. The zero-order valence-electron chi connectivity index (χ0n) is 27.9. The predicted octanol–water partition coefficient (Wildman–Crippen LogP) is 4.16. The van der Waals surface area contributed by atoms with Crippen molar-refractivity contribution in [1.29, 1.82) is 0 Å². The van der Waals surface area contributed by atoms with Crippen LogP contribution < -0.4 is 4.74 Å². The van der Waals surface area contributed by atoms with Crippen LogP contribution in [0, 0.1) is 0 Å². The third kappa shape index (κ3) is 13.8. The Balaban J connectivity index is 1.91. The Morgan fingerprint density at radius 3 is 1.98 bits per heavy atom. The van der Waals surface area contributed by atoms with Gasteiger partial charge in [0.2, 0.25) is 6.04 Å². The lowest BCUT2D eigenvalue weighted by Crippen LogP contribution is -2.60. The summed E-state index contributed by atoms with van der Waals surface area (Å²) in [6, 6.07) is 6.37. The lowest BCUT2D eigenvalue weighted by molar-refractivity contribution is -0.502. The zero-order chi connectivity index (χ0) is 33.0. The number of hydrogen-bond donors (Lipinski definition) is 4. The smallest absolute Gasteiger partial charge is 0.391 e. The molecule has 0 spiro atoms. The molecular formula is C35H60NO9+. The molecule has 0 saturated carbocycles. The van der Waals surface area contributed by atoms with E-state index in [1.165, 1.54) is 75.9 Å². The van der Waals surface area contributed by atoms with Crippen LogP contribution in [0.5, 0.6) is 5.75 Å². The molecule has 2 rings (SSSR count). The Hall–Kier alpha value is -1.92. The van der Waals surface area contributed by atoms with Gasteiger partial charge in [-0.05, 0) is 24.1 Å². The van der Waals surface area contributed by atoms with E-state index >= 15 is 0 Å². The maximum Gasteiger partial charge on any atom is 0.391 e. The number of carbonyl (C=O) groups is 1. The first kappa shape index (κ1) is 39.3. The molecule has 10 nitrogen and oxygen atoms in total. The monoisotopic (exact) mass is 638 g/mol. The summed E-state index contributed by atoms with van der Waals surface area (Å²) < 4.78 is 23.4. The second-order valence-corrected chi connectivity index (χ2v) is 12.3. The van der Waals surface area contributed by atoms with Crippen molar-refractivity contribution < 1.29 is 48.7 Å². The molecule has 1 aliphatic rings. The van der Waals surface area contributed by atoms with Gasteiger partial charge < -0.3 is 39.4 Å². The fourth-order valence-corrected chi connectivity index (χ4v) is 5.81. The summed E-state index contributed by atoms with van der Waals surface area (Å²) >= 11 is 0. The number of methoxy groups -OCH3 is 2. The molecule has 4 N–H and O–H groups in total. The number of amides is 1. The first-order valence-electron chi connectivity index (χ1n) is 17.0. The van der Waals surface area contributed by atoms with Crippen LogP contribution in [0.2, 0.25) is 0 Å². The molecule has 5 unspecified atom stereocenters. The Labute approximate surface area is 270 Å². The molecule has 1 fully saturated rings. The normalized spacial score (nSPS) is 23.0. The maximum atomic E-state index is 13.3. The quantitative estimate of drug-likeness (QED) is 0.0747. The van der Waals surface area contributed by atoms with Gasteiger partial charge in [0.25, 0.3) is 0 Å². The summed E-state index contributed by atoms with van der Waals surface area (Å²) in [5.41, 5.74) is 0.776. The first-order valence-corrected chi connectivity index (χ1v) is 17.0. The predicted molar refractivity (Wildman–Crippen MR) is 174 cm³/mol. The van der Waals surface area contributed by atoms with E-state index < -0.39 is 49.5 Å². The molecule has 258 valence electrons. The highest BCUT2D eigenvalue weighted by molar-refractivity contribution is 5.72. The molecule has 0 bridgehead atoms. The van der Waals surface area contributed by atoms with Gasteiger partial charge in [-0.25, -0.2) is 4.79 Å². The maximum absolute atomic E-state index is 13.3. The Bertz CT molecular complexity index is 944. The number of nitrogens with zero attached hydrogens (tertiary/aromatic N) is 1. The van der Waals surface area contributed by atoms with Gasteiger partial charge in [-0.15, -0.1) is 0 Å². The van der Waals surface area contributed by atoms with E-state index in [-0.39, 0.29) is 18.9 Å². The van der Waals surface area contributed by atoms with Crippen molar-refractivity contribution in [2.45, 2.75) is 146 Å². The topological polar surface area (TPSA) is 138 Å². The molecule has 0 radical (unpaired) electrons. The molecule has 0 aromatic heterocycles. The van der Waals surface area contributed by atoms with Gasteiger partial charge in [-0.3, -0.25) is 0 Å². The molecule has 1 amide bonds. The highest BCUT2D eigenvalue weighted by atomic mass is 16.7. The first-order chi connectivity index (χ1) is 21.8. The number of ether oxygens (including phenoxy) is 4. The SMILES string of the molecule is C=[N+](C(=O)Cc1ccc(OC)cc1)[C@@H](COC1OC(CO)C(O)C(O)C1OC)[C@H](O)CCCCCCCCCCCCCCC. The molecule has 45 heavy (non-hydrogen) atoms. The highest BCUT2D eigenvalue weighted by Crippen LogP contribution is 2.25. The van der Waals surface area contributed by atoms with Gasteiger partial charge >= 0.3 is 5.91 Å². The van der Waals surface area contributed by atoms with E-state index in [9.17, 15) is 25.2 Å². The van der Waals surface area contributed by atoms with Crippen LogP contribution in [0.15, 0.2) is 24.3 Å². The molecule has 1 aliphatic heterocycles. The van der Waals surface area contributed by atoms with E-state index in [2.05, 4.69) is 13.6 Å². The number of rotatable bonds is 24. The number of unbranched alkanes of at least 4 members (excludes halogenated alkanes) is 12. The van der Waals surface area contributed by atoms with Crippen molar-refractivity contribution in [3.63, 3.8) is 0 Å². The van der Waals surface area contributed by atoms with Crippen molar-refractivity contribution in [1.82, 2.24) is 0 Å². The molecule has 1 aromatic carbocycles. The van der Waals surface area contributed by atoms with Crippen molar-refractivity contribution in [2.75, 3.05) is 27.4 Å². The average molecular weight is 639 g/mol. The molecule has 1 saturated heterocycles. The summed E-state index contributed by atoms with van der Waals surface area (Å²) in [5, 5.41) is 41.6. The van der Waals surface area contributed by atoms with Gasteiger partial charge in [0.15, 0.2) is 6.29 Å². The number of carbonyl (C=O) groups excluding carboxylic acids is 1. The average Bonchev–Trinajstić information content (AvgIpc) is 3.05. The minimum absolute atomic E-state index is 0.0770. The van der Waals surface area contributed by atoms with Crippen molar-refractivity contribution in [3.8, 4) is 5.75 Å². The zero-order valence-corrected chi connectivity index (χ0v) is 27.9. The van der Waals surface area contributed by atoms with E-state index in [1.807, 2.05) is 0 Å². The number of aliphatic hydroxyl groups excluding tert-OH is 4. The van der Waals surface area contributed by atoms with E-state index in [1.54, 1.807) is 31.4 Å². The van der Waals surface area contributed by atoms with Crippen LogP contribution in [-0.4, -0.2) is 108 Å². The minimum Gasteiger partial charge on any atom is -0.497 e. The van der Waals surface area contributed by atoms with Crippen LogP contribution in [-0.2, 0) is 25.4 Å². The standard InChI is InChI=1S/C35H60NO9/c1-5-6-7-8-9-10-11-12-13-14-15-16-17-18-29(38)28(36(2)31(39)23-26-19-21-27(42-3)22-20-26)25-44-35-34(43-4)33(41)32(40)30(24-37)45-35/h19-22,28-30,32-35,37-38,40-41H,2,5-18,23-25H2,1,3-4H3/q+1/t28-,29+,30?,32?,33?,34?,35?/m0/s1. The Morgan fingerprint density at radius 1 is 0.911 bits per heavy atom. The third-order valence-electron chi connectivity index (χ3n) is 8.81. The van der Waals surface area contributed by atoms with Crippen LogP contribution in [0.3, 0.4) is 0 Å². The highest BCUT2D eigenvalue weighted by Gasteiger charge is 2.46. The van der Waals surface area contributed by atoms with Crippen molar-refractivity contribution >= 4 is 12.6 Å². The minimum atomic E-state index is -1.35. The summed E-state index contributed by atoms with van der Waals surface area (Å²) in [6.07, 6.45) is 9.58. The number of hydrogen-bond acceptors (Lipinski definition) is 9. The molecule has 1 aromatic rings. The molecule has 10 heteroatoms. The Kier molecular flexibility index (Phi) is 19.7. The third-order valence-corrected chi connectivity index (χ3v) is 8.81. The van der Waals surface area contributed by atoms with Crippen LogP contribution in [0.4, 0.5) is 0 Å². The van der Waals surface area contributed by atoms with Gasteiger partial charge in [-0.2, -0.15) is 4.58 Å². The van der Waals surface area contributed by atoms with Crippen LogP contribution >= 0.6 is 0 Å². The fraction of sp³-hybridized carbons (Fsp3) is 0.771. The lowest BCUT2D eigenvalue weighted by Gasteiger charge is -2.41. The number of aliphatic hydroxyl groups is 4. The van der Waals surface area contributed by atoms with E-state index in [0.717, 1.165) is 24.8 Å². The van der Waals surface area contributed by atoms with Gasteiger partial charge in [-0.1, -0.05) is 103 Å². The fourth-order valence-electron chi connectivity index (χ4n) is 5.81. The van der Waals surface area contributed by atoms with E-state index in [4.69, 9.17) is 18.9 Å². The van der Waals surface area contributed by atoms with Gasteiger partial charge in [0, 0.05) is 7.11 Å². The largest absolute Gasteiger partial charge is 0.497 e. The summed E-state index contributed by atoms with van der Waals surface area (Å²) in [7, 11) is 2.93. The molecule has 7 atom stereocenters.